The third-order valence-electron chi connectivity index (χ3n) is 5.08. The van der Waals surface area contributed by atoms with E-state index in [0.717, 1.165) is 29.7 Å². The van der Waals surface area contributed by atoms with Crippen LogP contribution in [-0.2, 0) is 23.6 Å². The molecule has 0 spiro atoms. The van der Waals surface area contributed by atoms with Gasteiger partial charge in [-0.2, -0.15) is 4.31 Å². The van der Waals surface area contributed by atoms with E-state index in [4.69, 9.17) is 4.74 Å². The quantitative estimate of drug-likeness (QED) is 0.789. The van der Waals surface area contributed by atoms with Crippen LogP contribution >= 0.6 is 0 Å². The molecule has 0 saturated carbocycles. The molecule has 9 heteroatoms. The minimum atomic E-state index is -3.56. The Balaban J connectivity index is 1.76. The largest absolute Gasteiger partial charge is 0.496 e. The first-order valence-electron chi connectivity index (χ1n) is 9.19. The summed E-state index contributed by atoms with van der Waals surface area (Å²) >= 11 is 0. The molecule has 1 amide bonds. The third kappa shape index (κ3) is 3.77. The first-order chi connectivity index (χ1) is 13.3. The maximum absolute atomic E-state index is 12.7. The molecule has 3 rings (SSSR count). The fourth-order valence-corrected chi connectivity index (χ4v) is 5.07. The van der Waals surface area contributed by atoms with Gasteiger partial charge in [0.05, 0.1) is 19.3 Å². The van der Waals surface area contributed by atoms with Crippen LogP contribution in [0.15, 0.2) is 23.4 Å². The summed E-state index contributed by atoms with van der Waals surface area (Å²) in [5.74, 6) is 0.392. The molecule has 0 atom stereocenters. The van der Waals surface area contributed by atoms with Gasteiger partial charge in [-0.15, -0.1) is 0 Å². The molecule has 0 radical (unpaired) electrons. The summed E-state index contributed by atoms with van der Waals surface area (Å²) in [6, 6.07) is 1.43. The second-order valence-corrected chi connectivity index (χ2v) is 8.95. The molecule has 0 unspecified atom stereocenters. The van der Waals surface area contributed by atoms with E-state index in [1.54, 1.807) is 20.4 Å². The average molecular weight is 407 g/mol. The van der Waals surface area contributed by atoms with Gasteiger partial charge in [0, 0.05) is 43.7 Å². The van der Waals surface area contributed by atoms with Crippen LogP contribution in [0.5, 0.6) is 5.75 Å². The van der Waals surface area contributed by atoms with E-state index in [2.05, 4.69) is 10.3 Å². The summed E-state index contributed by atoms with van der Waals surface area (Å²) in [6.45, 7) is 5.08. The maximum atomic E-state index is 12.7. The van der Waals surface area contributed by atoms with Gasteiger partial charge in [0.25, 0.3) is 5.91 Å². The van der Waals surface area contributed by atoms with Crippen LogP contribution in [-0.4, -0.2) is 48.4 Å². The van der Waals surface area contributed by atoms with Gasteiger partial charge in [-0.05, 0) is 32.8 Å². The second-order valence-electron chi connectivity index (χ2n) is 7.01. The first kappa shape index (κ1) is 20.3. The predicted octanol–water partition coefficient (Wildman–Crippen LogP) is 1.76. The van der Waals surface area contributed by atoms with E-state index in [1.807, 2.05) is 13.8 Å². The molecule has 2 aromatic heterocycles. The van der Waals surface area contributed by atoms with Crippen LogP contribution in [0.2, 0.25) is 0 Å². The van der Waals surface area contributed by atoms with Crippen LogP contribution < -0.4 is 10.1 Å². The number of nitrogens with one attached hydrogen (secondary N) is 1. The van der Waals surface area contributed by atoms with E-state index in [-0.39, 0.29) is 23.0 Å². The van der Waals surface area contributed by atoms with E-state index in [0.29, 0.717) is 18.8 Å². The maximum Gasteiger partial charge on any atom is 0.268 e. The lowest BCUT2D eigenvalue weighted by molar-refractivity contribution is 0.0942. The van der Waals surface area contributed by atoms with Crippen molar-refractivity contribution in [2.45, 2.75) is 38.1 Å². The minimum Gasteiger partial charge on any atom is -0.496 e. The number of hydrogen-bond donors (Lipinski definition) is 1. The highest BCUT2D eigenvalue weighted by Gasteiger charge is 2.29. The van der Waals surface area contributed by atoms with E-state index in [9.17, 15) is 13.2 Å². The Hall–Kier alpha value is -2.39. The first-order valence-corrected chi connectivity index (χ1v) is 10.6. The van der Waals surface area contributed by atoms with Gasteiger partial charge in [0.1, 0.15) is 16.3 Å². The molecule has 1 fully saturated rings. The number of rotatable bonds is 6. The van der Waals surface area contributed by atoms with Crippen molar-refractivity contribution in [1.82, 2.24) is 19.2 Å². The van der Waals surface area contributed by atoms with Crippen molar-refractivity contribution < 1.29 is 17.9 Å². The number of nitrogens with zero attached hydrogens (tertiary/aromatic N) is 3. The summed E-state index contributed by atoms with van der Waals surface area (Å²) in [6.07, 6.45) is 4.93. The number of methoxy groups -OCH3 is 1. The second kappa shape index (κ2) is 7.92. The highest BCUT2D eigenvalue weighted by atomic mass is 32.2. The Labute approximate surface area is 165 Å². The number of carbonyl (C=O) groups excluding carboxylic acids is 1. The molecule has 152 valence electrons. The molecule has 0 aliphatic carbocycles. The Bertz CT molecular complexity index is 992. The number of amides is 1. The standard InChI is InChI=1S/C19H26N4O4S/c1-13-10-20-16(14(2)18(13)27-4)11-21-19(24)17-9-15(12-22(17)3)28(25,26)23-7-5-6-8-23/h9-10,12H,5-8,11H2,1-4H3,(H,21,24). The van der Waals surface area contributed by atoms with Crippen molar-refractivity contribution in [2.75, 3.05) is 20.2 Å². The molecule has 0 bridgehead atoms. The van der Waals surface area contributed by atoms with Crippen molar-refractivity contribution in [3.05, 3.63) is 41.0 Å². The van der Waals surface area contributed by atoms with E-state index >= 15 is 0 Å². The van der Waals surface area contributed by atoms with Gasteiger partial charge in [-0.3, -0.25) is 9.78 Å². The molecular formula is C19H26N4O4S. The monoisotopic (exact) mass is 406 g/mol. The number of ether oxygens (including phenoxy) is 1. The molecular weight excluding hydrogens is 380 g/mol. The lowest BCUT2D eigenvalue weighted by Crippen LogP contribution is -2.27. The summed E-state index contributed by atoms with van der Waals surface area (Å²) in [5.41, 5.74) is 2.78. The zero-order valence-corrected chi connectivity index (χ0v) is 17.5. The van der Waals surface area contributed by atoms with Crippen molar-refractivity contribution in [1.29, 1.82) is 0 Å². The number of aromatic nitrogens is 2. The molecule has 2 aromatic rings. The van der Waals surface area contributed by atoms with Crippen molar-refractivity contribution in [2.24, 2.45) is 7.05 Å². The van der Waals surface area contributed by atoms with E-state index < -0.39 is 10.0 Å². The molecule has 1 aliphatic rings. The van der Waals surface area contributed by atoms with E-state index in [1.165, 1.54) is 21.1 Å². The predicted molar refractivity (Wildman–Crippen MR) is 105 cm³/mol. The van der Waals surface area contributed by atoms with Crippen molar-refractivity contribution in [3.8, 4) is 5.75 Å². The summed E-state index contributed by atoms with van der Waals surface area (Å²) in [4.78, 5) is 17.1. The van der Waals surface area contributed by atoms with Gasteiger partial charge in [-0.25, -0.2) is 8.42 Å². The average Bonchev–Trinajstić information content (AvgIpc) is 3.31. The Morgan fingerprint density at radius 3 is 2.61 bits per heavy atom. The normalized spacial score (nSPS) is 15.0. The Kier molecular flexibility index (Phi) is 5.76. The summed E-state index contributed by atoms with van der Waals surface area (Å²) in [7, 11) is -0.294. The van der Waals surface area contributed by atoms with Crippen LogP contribution in [0.25, 0.3) is 0 Å². The molecule has 28 heavy (non-hydrogen) atoms. The molecule has 8 nitrogen and oxygen atoms in total. The topological polar surface area (TPSA) is 93.5 Å². The third-order valence-corrected chi connectivity index (χ3v) is 6.95. The van der Waals surface area contributed by atoms with Gasteiger partial charge < -0.3 is 14.6 Å². The lowest BCUT2D eigenvalue weighted by atomic mass is 10.1. The van der Waals surface area contributed by atoms with Crippen LogP contribution in [0.1, 0.15) is 40.2 Å². The SMILES string of the molecule is COc1c(C)cnc(CNC(=O)c2cc(S(=O)(=O)N3CCCC3)cn2C)c1C. The summed E-state index contributed by atoms with van der Waals surface area (Å²) < 4.78 is 33.8. The number of aryl methyl sites for hydroxylation is 2. The lowest BCUT2D eigenvalue weighted by Gasteiger charge is -2.13. The van der Waals surface area contributed by atoms with Gasteiger partial charge >= 0.3 is 0 Å². The van der Waals surface area contributed by atoms with Crippen LogP contribution in [0.3, 0.4) is 0 Å². The van der Waals surface area contributed by atoms with Crippen molar-refractivity contribution in [3.63, 3.8) is 0 Å². The zero-order chi connectivity index (χ0) is 20.5. The molecule has 1 saturated heterocycles. The fraction of sp³-hybridized carbons (Fsp3) is 0.474. The van der Waals surface area contributed by atoms with Gasteiger partial charge in [-0.1, -0.05) is 0 Å². The fourth-order valence-electron chi connectivity index (χ4n) is 3.48. The molecule has 1 N–H and O–H groups in total. The van der Waals surface area contributed by atoms with Crippen LogP contribution in [0.4, 0.5) is 0 Å². The van der Waals surface area contributed by atoms with Gasteiger partial charge in [0.15, 0.2) is 0 Å². The summed E-state index contributed by atoms with van der Waals surface area (Å²) in [5, 5.41) is 2.82. The Morgan fingerprint density at radius 2 is 1.96 bits per heavy atom. The number of hydrogen-bond acceptors (Lipinski definition) is 5. The van der Waals surface area contributed by atoms with Crippen molar-refractivity contribution >= 4 is 15.9 Å². The highest BCUT2D eigenvalue weighted by molar-refractivity contribution is 7.89. The molecule has 3 heterocycles. The minimum absolute atomic E-state index is 0.147. The number of carbonyl (C=O) groups is 1. The van der Waals surface area contributed by atoms with Gasteiger partial charge in [0.2, 0.25) is 10.0 Å². The Morgan fingerprint density at radius 1 is 1.29 bits per heavy atom. The molecule has 0 aromatic carbocycles. The number of pyridine rings is 1. The molecule has 1 aliphatic heterocycles. The zero-order valence-electron chi connectivity index (χ0n) is 16.7. The number of sulfonamides is 1. The smallest absolute Gasteiger partial charge is 0.268 e. The highest BCUT2D eigenvalue weighted by Crippen LogP contribution is 2.24. The van der Waals surface area contributed by atoms with Crippen LogP contribution in [0, 0.1) is 13.8 Å².